The molecule has 1 heterocycles. The van der Waals surface area contributed by atoms with Crippen molar-refractivity contribution >= 4 is 22.5 Å². The largest absolute Gasteiger partial charge is 0.574 e. The maximum atomic E-state index is 12.1. The number of halogens is 4. The van der Waals surface area contributed by atoms with Crippen molar-refractivity contribution in [3.05, 3.63) is 21.7 Å². The molecule has 0 aliphatic carbocycles. The van der Waals surface area contributed by atoms with Gasteiger partial charge in [0.25, 0.3) is 11.1 Å². The Balaban J connectivity index is 3.45. The maximum Gasteiger partial charge on any atom is 0.574 e. The minimum atomic E-state index is -5.14. The van der Waals surface area contributed by atoms with E-state index < -0.39 is 39.5 Å². The van der Waals surface area contributed by atoms with Gasteiger partial charge in [-0.05, 0) is 11.6 Å². The predicted octanol–water partition coefficient (Wildman–Crippen LogP) is 2.28. The van der Waals surface area contributed by atoms with Crippen LogP contribution in [-0.2, 0) is 0 Å². The van der Waals surface area contributed by atoms with Gasteiger partial charge in [-0.1, -0.05) is 0 Å². The van der Waals surface area contributed by atoms with Crippen LogP contribution in [0, 0.1) is 10.1 Å². The summed E-state index contributed by atoms with van der Waals surface area (Å²) < 4.78 is 44.2. The average Bonchev–Trinajstić information content (AvgIpc) is 2.25. The number of hydrogen-bond donors (Lipinski definition) is 0. The minimum Gasteiger partial charge on any atom is -0.476 e. The van der Waals surface area contributed by atoms with Crippen LogP contribution in [0.1, 0.15) is 10.4 Å². The summed E-state index contributed by atoms with van der Waals surface area (Å²) in [4.78, 5) is 23.7. The lowest BCUT2D eigenvalue weighted by Crippen LogP contribution is -2.20. The molecule has 11 heteroatoms. The molecule has 0 aliphatic rings. The third kappa shape index (κ3) is 3.68. The van der Waals surface area contributed by atoms with Gasteiger partial charge in [0.15, 0.2) is 0 Å². The van der Waals surface area contributed by atoms with Crippen molar-refractivity contribution in [1.29, 1.82) is 0 Å². The third-order valence-corrected chi connectivity index (χ3v) is 1.95. The van der Waals surface area contributed by atoms with E-state index in [1.807, 2.05) is 0 Å². The van der Waals surface area contributed by atoms with E-state index in [1.165, 1.54) is 0 Å². The zero-order chi connectivity index (χ0) is 14.8. The zero-order valence-corrected chi connectivity index (χ0v) is 9.78. The second-order valence-corrected chi connectivity index (χ2v) is 3.29. The van der Waals surface area contributed by atoms with Gasteiger partial charge < -0.3 is 9.47 Å². The van der Waals surface area contributed by atoms with E-state index in [2.05, 4.69) is 14.5 Å². The molecule has 104 valence electrons. The van der Waals surface area contributed by atoms with Crippen molar-refractivity contribution in [2.75, 3.05) is 7.11 Å². The van der Waals surface area contributed by atoms with Crippen LogP contribution < -0.4 is 9.47 Å². The Hall–Kier alpha value is -2.10. The fourth-order valence-electron chi connectivity index (χ4n) is 1.08. The Morgan fingerprint density at radius 3 is 2.42 bits per heavy atom. The van der Waals surface area contributed by atoms with E-state index in [0.717, 1.165) is 7.11 Å². The van der Waals surface area contributed by atoms with Gasteiger partial charge in [-0.25, -0.2) is 0 Å². The first-order valence-electron chi connectivity index (χ1n) is 4.34. The molecule has 0 fully saturated rings. The second kappa shape index (κ2) is 5.26. The lowest BCUT2D eigenvalue weighted by atomic mass is 10.2. The quantitative estimate of drug-likeness (QED) is 0.481. The monoisotopic (exact) mass is 300 g/mol. The van der Waals surface area contributed by atoms with Crippen molar-refractivity contribution < 1.29 is 32.4 Å². The van der Waals surface area contributed by atoms with Crippen molar-refractivity contribution in [3.8, 4) is 11.8 Å². The molecule has 19 heavy (non-hydrogen) atoms. The summed E-state index contributed by atoms with van der Waals surface area (Å²) in [5.74, 6) is -1.97. The SMILES string of the molecule is COc1nc(OC(F)(F)F)c(C(=O)Cl)cc1[N+](=O)[O-]. The molecule has 0 amide bonds. The number of pyridine rings is 1. The first kappa shape index (κ1) is 15.0. The highest BCUT2D eigenvalue weighted by Crippen LogP contribution is 2.34. The van der Waals surface area contributed by atoms with Crippen LogP contribution in [0.2, 0.25) is 0 Å². The fraction of sp³-hybridized carbons (Fsp3) is 0.250. The van der Waals surface area contributed by atoms with Gasteiger partial charge in [-0.15, -0.1) is 13.2 Å². The number of nitrogens with zero attached hydrogens (tertiary/aromatic N) is 2. The van der Waals surface area contributed by atoms with Gasteiger partial charge in [0.05, 0.1) is 12.0 Å². The Labute approximate surface area is 108 Å². The fourth-order valence-corrected chi connectivity index (χ4v) is 1.21. The number of nitro groups is 1. The van der Waals surface area contributed by atoms with Gasteiger partial charge in [0, 0.05) is 6.07 Å². The number of ether oxygens (including phenoxy) is 2. The van der Waals surface area contributed by atoms with Crippen molar-refractivity contribution in [2.24, 2.45) is 0 Å². The normalized spacial score (nSPS) is 11.0. The Morgan fingerprint density at radius 1 is 1.47 bits per heavy atom. The minimum absolute atomic E-state index is 0.488. The van der Waals surface area contributed by atoms with Crippen LogP contribution in [-0.4, -0.2) is 28.6 Å². The number of carbonyl (C=O) groups is 1. The van der Waals surface area contributed by atoms with Gasteiger partial charge in [-0.2, -0.15) is 4.98 Å². The standard InChI is InChI=1S/C8H4ClF3N2O5/c1-18-7-4(14(16)17)2-3(5(9)15)6(13-7)19-8(10,11)12/h2H,1H3. The van der Waals surface area contributed by atoms with Crippen molar-refractivity contribution in [2.45, 2.75) is 6.36 Å². The summed E-state index contributed by atoms with van der Waals surface area (Å²) in [5.41, 5.74) is -1.72. The van der Waals surface area contributed by atoms with Crippen LogP contribution in [0.25, 0.3) is 0 Å². The highest BCUT2D eigenvalue weighted by molar-refractivity contribution is 6.68. The van der Waals surface area contributed by atoms with Crippen molar-refractivity contribution in [1.82, 2.24) is 4.98 Å². The number of methoxy groups -OCH3 is 1. The average molecular weight is 301 g/mol. The molecular weight excluding hydrogens is 297 g/mol. The summed E-state index contributed by atoms with van der Waals surface area (Å²) in [6, 6.07) is 0.488. The van der Waals surface area contributed by atoms with Gasteiger partial charge in [-0.3, -0.25) is 14.9 Å². The highest BCUT2D eigenvalue weighted by atomic mass is 35.5. The third-order valence-electron chi connectivity index (χ3n) is 1.75. The topological polar surface area (TPSA) is 91.6 Å². The number of hydrogen-bond acceptors (Lipinski definition) is 6. The van der Waals surface area contributed by atoms with Gasteiger partial charge >= 0.3 is 12.0 Å². The molecule has 0 atom stereocenters. The number of carbonyl (C=O) groups excluding carboxylic acids is 1. The van der Waals surface area contributed by atoms with Crippen LogP contribution >= 0.6 is 11.6 Å². The molecule has 1 aromatic rings. The Bertz CT molecular complexity index is 534. The number of aromatic nitrogens is 1. The highest BCUT2D eigenvalue weighted by Gasteiger charge is 2.35. The van der Waals surface area contributed by atoms with E-state index in [0.29, 0.717) is 6.07 Å². The molecule has 1 aromatic heterocycles. The Morgan fingerprint density at radius 2 is 2.05 bits per heavy atom. The molecule has 0 aromatic carbocycles. The molecule has 7 nitrogen and oxygen atoms in total. The van der Waals surface area contributed by atoms with Crippen LogP contribution in [0.5, 0.6) is 11.8 Å². The predicted molar refractivity (Wildman–Crippen MR) is 54.3 cm³/mol. The van der Waals surface area contributed by atoms with Gasteiger partial charge in [0.2, 0.25) is 5.88 Å². The first-order valence-corrected chi connectivity index (χ1v) is 4.72. The molecule has 0 unspecified atom stereocenters. The molecule has 0 saturated heterocycles. The lowest BCUT2D eigenvalue weighted by molar-refractivity contribution is -0.386. The van der Waals surface area contributed by atoms with Crippen LogP contribution in [0.15, 0.2) is 6.07 Å². The molecule has 0 saturated carbocycles. The second-order valence-electron chi connectivity index (χ2n) is 2.95. The smallest absolute Gasteiger partial charge is 0.476 e. The lowest BCUT2D eigenvalue weighted by Gasteiger charge is -2.11. The van der Waals surface area contributed by atoms with Gasteiger partial charge in [0.1, 0.15) is 5.56 Å². The molecule has 1 rings (SSSR count). The van der Waals surface area contributed by atoms with Crippen molar-refractivity contribution in [3.63, 3.8) is 0 Å². The summed E-state index contributed by atoms with van der Waals surface area (Å²) in [6.45, 7) is 0. The maximum absolute atomic E-state index is 12.1. The molecule has 0 bridgehead atoms. The summed E-state index contributed by atoms with van der Waals surface area (Å²) >= 11 is 5.02. The Kier molecular flexibility index (Phi) is 4.14. The molecule has 0 N–H and O–H groups in total. The van der Waals surface area contributed by atoms with E-state index in [9.17, 15) is 28.1 Å². The van der Waals surface area contributed by atoms with E-state index >= 15 is 0 Å². The molecule has 0 radical (unpaired) electrons. The first-order chi connectivity index (χ1) is 8.65. The molecule has 0 spiro atoms. The summed E-state index contributed by atoms with van der Waals surface area (Å²) in [5, 5.41) is 9.23. The van der Waals surface area contributed by atoms with E-state index in [1.54, 1.807) is 0 Å². The molecule has 0 aliphatic heterocycles. The van der Waals surface area contributed by atoms with E-state index in [-0.39, 0.29) is 0 Å². The van der Waals surface area contributed by atoms with Crippen LogP contribution in [0.4, 0.5) is 18.9 Å². The number of alkyl halides is 3. The van der Waals surface area contributed by atoms with Crippen LogP contribution in [0.3, 0.4) is 0 Å². The summed E-state index contributed by atoms with van der Waals surface area (Å²) in [6.07, 6.45) is -5.14. The zero-order valence-electron chi connectivity index (χ0n) is 9.02. The summed E-state index contributed by atoms with van der Waals surface area (Å²) in [7, 11) is 0.953. The number of rotatable bonds is 4. The van der Waals surface area contributed by atoms with E-state index in [4.69, 9.17) is 11.6 Å². The molecular formula is C8H4ClF3N2O5.